The van der Waals surface area contributed by atoms with Gasteiger partial charge in [-0.1, -0.05) is 65.2 Å². The van der Waals surface area contributed by atoms with Crippen LogP contribution in [0, 0.1) is 0 Å². The standard InChI is InChI=1S/C22H50NOSi.BrH/c1-7-9-11-13-15-17-19-23(3,21-22-24-25(4,5)6)20-18-16-14-12-10-8-2;/h7-22H2,1-6H3;1H/q+1;/p-1. The number of unbranched alkanes of at least 4 members (excludes halogenated alkanes) is 10. The average molecular weight is 453 g/mol. The van der Waals surface area contributed by atoms with Crippen LogP contribution in [0.5, 0.6) is 0 Å². The normalized spacial score (nSPS) is 12.2. The van der Waals surface area contributed by atoms with Crippen molar-refractivity contribution in [3.8, 4) is 0 Å². The molecule has 160 valence electrons. The number of quaternary nitrogens is 1. The molecule has 2 nitrogen and oxygen atoms in total. The van der Waals surface area contributed by atoms with Gasteiger partial charge in [0.2, 0.25) is 0 Å². The summed E-state index contributed by atoms with van der Waals surface area (Å²) < 4.78 is 7.40. The molecule has 0 aromatic heterocycles. The highest BCUT2D eigenvalue weighted by atomic mass is 79.9. The fraction of sp³-hybridized carbons (Fsp3) is 1.00. The zero-order chi connectivity index (χ0) is 19.0. The maximum atomic E-state index is 6.17. The molecule has 0 aliphatic rings. The molecule has 0 heterocycles. The Hall–Kier alpha value is 0.617. The first-order valence-electron chi connectivity index (χ1n) is 11.3. The van der Waals surface area contributed by atoms with Gasteiger partial charge in [-0.15, -0.1) is 0 Å². The fourth-order valence-corrected chi connectivity index (χ4v) is 4.16. The summed E-state index contributed by atoms with van der Waals surface area (Å²) in [5.41, 5.74) is 0. The Morgan fingerprint density at radius 1 is 0.615 bits per heavy atom. The van der Waals surface area contributed by atoms with Crippen molar-refractivity contribution in [3.63, 3.8) is 0 Å². The first-order valence-corrected chi connectivity index (χ1v) is 14.7. The Bertz CT molecular complexity index is 278. The van der Waals surface area contributed by atoms with Gasteiger partial charge in [-0.3, -0.25) is 0 Å². The number of rotatable bonds is 18. The summed E-state index contributed by atoms with van der Waals surface area (Å²) in [6, 6.07) is 0. The fourth-order valence-electron chi connectivity index (χ4n) is 3.46. The Labute approximate surface area is 178 Å². The molecule has 0 atom stereocenters. The van der Waals surface area contributed by atoms with Crippen LogP contribution in [-0.4, -0.2) is 46.1 Å². The van der Waals surface area contributed by atoms with E-state index in [9.17, 15) is 0 Å². The summed E-state index contributed by atoms with van der Waals surface area (Å²) in [6.45, 7) is 16.4. The maximum absolute atomic E-state index is 6.17. The van der Waals surface area contributed by atoms with E-state index in [-0.39, 0.29) is 17.0 Å². The average Bonchev–Trinajstić information content (AvgIpc) is 2.53. The highest BCUT2D eigenvalue weighted by Crippen LogP contribution is 2.14. The van der Waals surface area contributed by atoms with Crippen LogP contribution in [0.1, 0.15) is 90.9 Å². The zero-order valence-corrected chi connectivity index (χ0v) is 21.6. The van der Waals surface area contributed by atoms with Gasteiger partial charge in [-0.05, 0) is 45.3 Å². The SMILES string of the molecule is CCCCCCCC[N+](C)(CCCCCCCC)CCO[Si](C)(C)C.[Br-]. The first kappa shape index (κ1) is 28.8. The number of hydrogen-bond acceptors (Lipinski definition) is 1. The Morgan fingerprint density at radius 3 is 1.38 bits per heavy atom. The second-order valence-electron chi connectivity index (χ2n) is 9.29. The van der Waals surface area contributed by atoms with Gasteiger partial charge in [-0.25, -0.2) is 0 Å². The van der Waals surface area contributed by atoms with Crippen LogP contribution >= 0.6 is 0 Å². The van der Waals surface area contributed by atoms with Gasteiger partial charge in [0.05, 0.1) is 26.7 Å². The van der Waals surface area contributed by atoms with E-state index in [1.165, 1.54) is 101 Å². The van der Waals surface area contributed by atoms with Crippen LogP contribution in [0.25, 0.3) is 0 Å². The second-order valence-corrected chi connectivity index (χ2v) is 13.8. The summed E-state index contributed by atoms with van der Waals surface area (Å²) in [4.78, 5) is 0. The summed E-state index contributed by atoms with van der Waals surface area (Å²) in [6.07, 6.45) is 16.8. The van der Waals surface area contributed by atoms with Crippen LogP contribution < -0.4 is 17.0 Å². The van der Waals surface area contributed by atoms with E-state index in [0.717, 1.165) is 6.61 Å². The summed E-state index contributed by atoms with van der Waals surface area (Å²) >= 11 is 0. The number of hydrogen-bond donors (Lipinski definition) is 0. The van der Waals surface area contributed by atoms with E-state index < -0.39 is 8.32 Å². The molecule has 0 radical (unpaired) electrons. The van der Waals surface area contributed by atoms with Crippen molar-refractivity contribution in [1.82, 2.24) is 0 Å². The molecule has 0 N–H and O–H groups in total. The monoisotopic (exact) mass is 451 g/mol. The van der Waals surface area contributed by atoms with Crippen molar-refractivity contribution in [2.24, 2.45) is 0 Å². The molecule has 0 aliphatic heterocycles. The topological polar surface area (TPSA) is 9.23 Å². The predicted molar refractivity (Wildman–Crippen MR) is 117 cm³/mol. The van der Waals surface area contributed by atoms with Crippen molar-refractivity contribution < 1.29 is 25.9 Å². The van der Waals surface area contributed by atoms with Crippen molar-refractivity contribution in [1.29, 1.82) is 0 Å². The summed E-state index contributed by atoms with van der Waals surface area (Å²) in [5, 5.41) is 0. The highest BCUT2D eigenvalue weighted by Gasteiger charge is 2.22. The molecular weight excluding hydrogens is 402 g/mol. The van der Waals surface area contributed by atoms with Gasteiger partial charge in [-0.2, -0.15) is 0 Å². The smallest absolute Gasteiger partial charge is 0.184 e. The van der Waals surface area contributed by atoms with Crippen molar-refractivity contribution in [2.45, 2.75) is 111 Å². The van der Waals surface area contributed by atoms with Gasteiger partial charge in [0.25, 0.3) is 0 Å². The van der Waals surface area contributed by atoms with Gasteiger partial charge in [0.15, 0.2) is 8.32 Å². The second kappa shape index (κ2) is 17.7. The quantitative estimate of drug-likeness (QED) is 0.173. The molecule has 0 aromatic carbocycles. The minimum atomic E-state index is -1.37. The molecule has 0 fully saturated rings. The molecule has 0 spiro atoms. The van der Waals surface area contributed by atoms with Crippen LogP contribution in [0.4, 0.5) is 0 Å². The molecule has 0 aromatic rings. The van der Waals surface area contributed by atoms with Crippen LogP contribution in [0.3, 0.4) is 0 Å². The van der Waals surface area contributed by atoms with E-state index in [0.29, 0.717) is 0 Å². The molecule has 0 aliphatic carbocycles. The molecule has 0 saturated heterocycles. The van der Waals surface area contributed by atoms with Gasteiger partial charge in [0.1, 0.15) is 6.54 Å². The maximum Gasteiger partial charge on any atom is 0.184 e. The minimum Gasteiger partial charge on any atom is -1.00 e. The predicted octanol–water partition coefficient (Wildman–Crippen LogP) is 4.01. The minimum absolute atomic E-state index is 0. The molecular formula is C22H50BrNOSi. The zero-order valence-electron chi connectivity index (χ0n) is 19.0. The lowest BCUT2D eigenvalue weighted by molar-refractivity contribution is -0.910. The lowest BCUT2D eigenvalue weighted by Gasteiger charge is -2.35. The lowest BCUT2D eigenvalue weighted by Crippen LogP contribution is -3.00. The summed E-state index contributed by atoms with van der Waals surface area (Å²) in [7, 11) is 1.10. The van der Waals surface area contributed by atoms with E-state index in [4.69, 9.17) is 4.43 Å². The largest absolute Gasteiger partial charge is 1.00 e. The number of likely N-dealkylation sites (N-methyl/N-ethyl adjacent to an activating group) is 1. The van der Waals surface area contributed by atoms with E-state index >= 15 is 0 Å². The molecule has 0 rings (SSSR count). The molecule has 0 unspecified atom stereocenters. The number of halogens is 1. The van der Waals surface area contributed by atoms with Crippen molar-refractivity contribution in [2.75, 3.05) is 33.3 Å². The van der Waals surface area contributed by atoms with Crippen molar-refractivity contribution in [3.05, 3.63) is 0 Å². The van der Waals surface area contributed by atoms with Crippen LogP contribution in [0.15, 0.2) is 0 Å². The molecule has 0 amide bonds. The third-order valence-electron chi connectivity index (χ3n) is 5.27. The first-order chi connectivity index (χ1) is 11.8. The van der Waals surface area contributed by atoms with Crippen LogP contribution in [-0.2, 0) is 4.43 Å². The Morgan fingerprint density at radius 2 is 1.00 bits per heavy atom. The molecule has 0 saturated carbocycles. The highest BCUT2D eigenvalue weighted by molar-refractivity contribution is 6.69. The molecule has 0 bridgehead atoms. The lowest BCUT2D eigenvalue weighted by atomic mass is 10.1. The van der Waals surface area contributed by atoms with Gasteiger partial charge >= 0.3 is 0 Å². The summed E-state index contributed by atoms with van der Waals surface area (Å²) in [5.74, 6) is 0. The third-order valence-corrected chi connectivity index (χ3v) is 6.34. The van der Waals surface area contributed by atoms with E-state index in [1.54, 1.807) is 0 Å². The molecule has 26 heavy (non-hydrogen) atoms. The third kappa shape index (κ3) is 19.4. The molecule has 4 heteroatoms. The van der Waals surface area contributed by atoms with Crippen LogP contribution in [0.2, 0.25) is 19.6 Å². The Balaban J connectivity index is 0. The van der Waals surface area contributed by atoms with Gasteiger partial charge < -0.3 is 25.9 Å². The van der Waals surface area contributed by atoms with Gasteiger partial charge in [0, 0.05) is 0 Å². The van der Waals surface area contributed by atoms with E-state index in [2.05, 4.69) is 40.5 Å². The Kier molecular flexibility index (Phi) is 19.6. The van der Waals surface area contributed by atoms with Crippen molar-refractivity contribution >= 4 is 8.32 Å². The van der Waals surface area contributed by atoms with E-state index in [1.807, 2.05) is 0 Å². The number of nitrogens with zero attached hydrogens (tertiary/aromatic N) is 1.